The molecule has 0 atom stereocenters. The Balaban J connectivity index is 2.48. The molecule has 0 spiro atoms. The maximum Gasteiger partial charge on any atom is 0.186 e. The molecule has 0 saturated carbocycles. The first-order valence-corrected chi connectivity index (χ1v) is 6.57. The number of hydrogen-bond donors (Lipinski definition) is 1. The molecule has 0 radical (unpaired) electrons. The van der Waals surface area contributed by atoms with Crippen LogP contribution < -0.4 is 5.32 Å². The average molecular weight is 277 g/mol. The van der Waals surface area contributed by atoms with Crippen LogP contribution in [0.15, 0.2) is 18.2 Å². The van der Waals surface area contributed by atoms with Gasteiger partial charge in [0.25, 0.3) is 0 Å². The molecule has 1 aromatic heterocycles. The minimum Gasteiger partial charge on any atom is -0.368 e. The van der Waals surface area contributed by atoms with Gasteiger partial charge in [-0.3, -0.25) is 0 Å². The normalized spacial score (nSPS) is 10.7. The number of rotatable bonds is 4. The summed E-state index contributed by atoms with van der Waals surface area (Å²) >= 11 is 0. The summed E-state index contributed by atoms with van der Waals surface area (Å²) in [5.74, 6) is -0.328. The highest BCUT2D eigenvalue weighted by Gasteiger charge is 2.13. The van der Waals surface area contributed by atoms with Crippen molar-refractivity contribution >= 4 is 5.82 Å². The smallest absolute Gasteiger partial charge is 0.186 e. The molecule has 0 aliphatic rings. The van der Waals surface area contributed by atoms with E-state index in [9.17, 15) is 8.78 Å². The Morgan fingerprint density at radius 1 is 1.10 bits per heavy atom. The lowest BCUT2D eigenvalue weighted by Crippen LogP contribution is -2.08. The zero-order chi connectivity index (χ0) is 14.7. The number of aromatic nitrogens is 2. The van der Waals surface area contributed by atoms with Crippen molar-refractivity contribution in [1.82, 2.24) is 9.97 Å². The van der Waals surface area contributed by atoms with Gasteiger partial charge in [-0.2, -0.15) is 0 Å². The van der Waals surface area contributed by atoms with Gasteiger partial charge in [-0.25, -0.2) is 18.7 Å². The summed E-state index contributed by atoms with van der Waals surface area (Å²) in [7, 11) is 0. The third kappa shape index (κ3) is 3.10. The Kier molecular flexibility index (Phi) is 4.27. The summed E-state index contributed by atoms with van der Waals surface area (Å²) in [6.45, 7) is 5.97. The van der Waals surface area contributed by atoms with E-state index in [1.54, 1.807) is 19.9 Å². The van der Waals surface area contributed by atoms with E-state index in [4.69, 9.17) is 0 Å². The predicted octanol–water partition coefficient (Wildman–Crippen LogP) is 3.86. The van der Waals surface area contributed by atoms with E-state index in [2.05, 4.69) is 15.3 Å². The van der Waals surface area contributed by atoms with Crippen LogP contribution in [0.4, 0.5) is 14.6 Å². The summed E-state index contributed by atoms with van der Waals surface area (Å²) in [5.41, 5.74) is 1.56. The number of aryl methyl sites for hydroxylation is 2. The van der Waals surface area contributed by atoms with Gasteiger partial charge in [0.2, 0.25) is 0 Å². The summed E-state index contributed by atoms with van der Waals surface area (Å²) < 4.78 is 27.4. The molecule has 0 amide bonds. The number of halogens is 2. The predicted molar refractivity (Wildman–Crippen MR) is 75.6 cm³/mol. The fraction of sp³-hybridized carbons (Fsp3) is 0.333. The standard InChI is InChI=1S/C15H17F2N3/c1-4-5-18-15-13(17)10(3)19-14(20-15)11-6-9(2)7-12(16)8-11/h6-8H,4-5H2,1-3H3,(H,18,19,20). The third-order valence-corrected chi connectivity index (χ3v) is 2.86. The zero-order valence-corrected chi connectivity index (χ0v) is 11.8. The number of hydrogen-bond acceptors (Lipinski definition) is 3. The van der Waals surface area contributed by atoms with Crippen molar-refractivity contribution in [3.05, 3.63) is 41.1 Å². The van der Waals surface area contributed by atoms with Crippen molar-refractivity contribution in [2.75, 3.05) is 11.9 Å². The van der Waals surface area contributed by atoms with E-state index in [1.165, 1.54) is 12.1 Å². The highest BCUT2D eigenvalue weighted by molar-refractivity contribution is 5.59. The van der Waals surface area contributed by atoms with Crippen LogP contribution in [0, 0.1) is 25.5 Å². The molecule has 0 fully saturated rings. The van der Waals surface area contributed by atoms with E-state index in [0.29, 0.717) is 17.9 Å². The van der Waals surface area contributed by atoms with Gasteiger partial charge in [0.15, 0.2) is 17.5 Å². The van der Waals surface area contributed by atoms with Crippen molar-refractivity contribution in [3.8, 4) is 11.4 Å². The van der Waals surface area contributed by atoms with Crippen molar-refractivity contribution in [3.63, 3.8) is 0 Å². The molecule has 0 aliphatic heterocycles. The van der Waals surface area contributed by atoms with Crippen molar-refractivity contribution in [1.29, 1.82) is 0 Å². The SMILES string of the molecule is CCCNc1nc(-c2cc(C)cc(F)c2)nc(C)c1F. The van der Waals surface area contributed by atoms with Crippen LogP contribution in [0.5, 0.6) is 0 Å². The van der Waals surface area contributed by atoms with Gasteiger partial charge in [-0.05, 0) is 44.0 Å². The van der Waals surface area contributed by atoms with Crippen LogP contribution in [-0.4, -0.2) is 16.5 Å². The lowest BCUT2D eigenvalue weighted by molar-refractivity contribution is 0.605. The van der Waals surface area contributed by atoms with Gasteiger partial charge in [-0.15, -0.1) is 0 Å². The first-order chi connectivity index (χ1) is 9.51. The quantitative estimate of drug-likeness (QED) is 0.922. The van der Waals surface area contributed by atoms with Gasteiger partial charge in [-0.1, -0.05) is 6.92 Å². The molecule has 0 bridgehead atoms. The maximum absolute atomic E-state index is 13.9. The first kappa shape index (κ1) is 14.4. The van der Waals surface area contributed by atoms with E-state index in [0.717, 1.165) is 12.0 Å². The Labute approximate surface area is 117 Å². The van der Waals surface area contributed by atoms with E-state index >= 15 is 0 Å². The van der Waals surface area contributed by atoms with Crippen LogP contribution in [0.2, 0.25) is 0 Å². The van der Waals surface area contributed by atoms with Gasteiger partial charge >= 0.3 is 0 Å². The lowest BCUT2D eigenvalue weighted by Gasteiger charge is -2.10. The van der Waals surface area contributed by atoms with Crippen molar-refractivity contribution in [2.45, 2.75) is 27.2 Å². The van der Waals surface area contributed by atoms with Crippen molar-refractivity contribution in [2.24, 2.45) is 0 Å². The minimum absolute atomic E-state index is 0.163. The maximum atomic E-state index is 13.9. The molecule has 0 unspecified atom stereocenters. The summed E-state index contributed by atoms with van der Waals surface area (Å²) in [6.07, 6.45) is 0.858. The van der Waals surface area contributed by atoms with E-state index in [-0.39, 0.29) is 17.3 Å². The van der Waals surface area contributed by atoms with E-state index < -0.39 is 5.82 Å². The Morgan fingerprint density at radius 2 is 1.85 bits per heavy atom. The number of anilines is 1. The van der Waals surface area contributed by atoms with Gasteiger partial charge < -0.3 is 5.32 Å². The zero-order valence-electron chi connectivity index (χ0n) is 11.8. The molecule has 3 nitrogen and oxygen atoms in total. The molecular weight excluding hydrogens is 260 g/mol. The summed E-state index contributed by atoms with van der Waals surface area (Å²) in [5, 5.41) is 2.92. The average Bonchev–Trinajstić information content (AvgIpc) is 2.39. The number of nitrogens with zero attached hydrogens (tertiary/aromatic N) is 2. The van der Waals surface area contributed by atoms with Crippen LogP contribution >= 0.6 is 0 Å². The molecule has 106 valence electrons. The Hall–Kier alpha value is -2.04. The molecule has 0 aliphatic carbocycles. The number of benzene rings is 1. The van der Waals surface area contributed by atoms with Crippen LogP contribution in [0.25, 0.3) is 11.4 Å². The highest BCUT2D eigenvalue weighted by Crippen LogP contribution is 2.22. The monoisotopic (exact) mass is 277 g/mol. The topological polar surface area (TPSA) is 37.8 Å². The Morgan fingerprint density at radius 3 is 2.50 bits per heavy atom. The molecule has 5 heteroatoms. The largest absolute Gasteiger partial charge is 0.368 e. The van der Waals surface area contributed by atoms with Crippen LogP contribution in [0.1, 0.15) is 24.6 Å². The van der Waals surface area contributed by atoms with Crippen LogP contribution in [0.3, 0.4) is 0 Å². The van der Waals surface area contributed by atoms with Crippen LogP contribution in [-0.2, 0) is 0 Å². The minimum atomic E-state index is -0.463. The second-order valence-electron chi connectivity index (χ2n) is 4.74. The van der Waals surface area contributed by atoms with Gasteiger partial charge in [0.05, 0.1) is 5.69 Å². The molecule has 1 aromatic carbocycles. The Bertz CT molecular complexity index is 607. The molecular formula is C15H17F2N3. The summed E-state index contributed by atoms with van der Waals surface area (Å²) in [4.78, 5) is 8.26. The molecule has 1 N–H and O–H groups in total. The fourth-order valence-corrected chi connectivity index (χ4v) is 1.91. The van der Waals surface area contributed by atoms with E-state index in [1.807, 2.05) is 6.92 Å². The first-order valence-electron chi connectivity index (χ1n) is 6.57. The number of nitrogens with one attached hydrogen (secondary N) is 1. The summed E-state index contributed by atoms with van der Waals surface area (Å²) in [6, 6.07) is 4.55. The molecule has 2 rings (SSSR count). The second kappa shape index (κ2) is 5.94. The second-order valence-corrected chi connectivity index (χ2v) is 4.74. The lowest BCUT2D eigenvalue weighted by atomic mass is 10.1. The van der Waals surface area contributed by atoms with Gasteiger partial charge in [0.1, 0.15) is 5.82 Å². The molecule has 1 heterocycles. The molecule has 2 aromatic rings. The fourth-order valence-electron chi connectivity index (χ4n) is 1.91. The molecule has 0 saturated heterocycles. The van der Waals surface area contributed by atoms with Crippen molar-refractivity contribution < 1.29 is 8.78 Å². The molecule has 20 heavy (non-hydrogen) atoms. The highest BCUT2D eigenvalue weighted by atomic mass is 19.1. The van der Waals surface area contributed by atoms with Gasteiger partial charge in [0, 0.05) is 12.1 Å². The third-order valence-electron chi connectivity index (χ3n) is 2.86.